The maximum atomic E-state index is 6.11. The highest BCUT2D eigenvalue weighted by atomic mass is 35.5. The van der Waals surface area contributed by atoms with E-state index in [1.165, 1.54) is 0 Å². The van der Waals surface area contributed by atoms with Crippen LogP contribution >= 0.6 is 24.0 Å². The fraction of sp³-hybridized carbons (Fsp3) is 0.182. The van der Waals surface area contributed by atoms with Crippen molar-refractivity contribution in [2.24, 2.45) is 9.98 Å². The molecule has 0 radical (unpaired) electrons. The van der Waals surface area contributed by atoms with E-state index in [0.717, 1.165) is 52.1 Å². The second-order valence-corrected chi connectivity index (χ2v) is 7.50. The Balaban J connectivity index is 0.00000192. The summed E-state index contributed by atoms with van der Waals surface area (Å²) in [5, 5.41) is 5.69. The molecule has 0 aliphatic carbocycles. The lowest BCUT2D eigenvalue weighted by Gasteiger charge is -2.27. The van der Waals surface area contributed by atoms with Crippen LogP contribution in [0.4, 0.5) is 0 Å². The van der Waals surface area contributed by atoms with Gasteiger partial charge in [0.25, 0.3) is 0 Å². The van der Waals surface area contributed by atoms with Crippen LogP contribution in [0.1, 0.15) is 12.8 Å². The summed E-state index contributed by atoms with van der Waals surface area (Å²) in [5.74, 6) is 0.587. The molecule has 142 valence electrons. The summed E-state index contributed by atoms with van der Waals surface area (Å²) in [6, 6.07) is 4.11. The monoisotopic (exact) mass is 410 g/mol. The summed E-state index contributed by atoms with van der Waals surface area (Å²) in [7, 11) is 0. The Hall–Kier alpha value is -2.56. The fourth-order valence-electron chi connectivity index (χ4n) is 3.75. The minimum atomic E-state index is -0.204. The van der Waals surface area contributed by atoms with Gasteiger partial charge in [-0.1, -0.05) is 6.08 Å². The Kier molecular flexibility index (Phi) is 5.00. The topological polar surface area (TPSA) is 52.5 Å². The highest BCUT2D eigenvalue weighted by Gasteiger charge is 2.31. The summed E-state index contributed by atoms with van der Waals surface area (Å²) < 4.78 is 0. The number of allylic oxidation sites excluding steroid dienone is 5. The summed E-state index contributed by atoms with van der Waals surface area (Å²) in [5.41, 5.74) is 4.66. The van der Waals surface area contributed by atoms with Crippen molar-refractivity contribution in [1.29, 1.82) is 0 Å². The van der Waals surface area contributed by atoms with Gasteiger partial charge in [0.1, 0.15) is 0 Å². The molecule has 1 aromatic rings. The van der Waals surface area contributed by atoms with Crippen LogP contribution in [-0.4, -0.2) is 27.8 Å². The van der Waals surface area contributed by atoms with Crippen molar-refractivity contribution in [3.63, 3.8) is 0 Å². The first-order chi connectivity index (χ1) is 13.2. The molecule has 0 spiro atoms. The minimum Gasteiger partial charge on any atom is -0.376 e. The van der Waals surface area contributed by atoms with Gasteiger partial charge in [-0.25, -0.2) is 9.98 Å². The van der Waals surface area contributed by atoms with Gasteiger partial charge >= 0.3 is 0 Å². The molecule has 5 heterocycles. The zero-order valence-corrected chi connectivity index (χ0v) is 16.7. The SMILES string of the molecule is Cl.ClCCC12C=C3C=CC(=N3)C=c3ccc([nH]3)=CC3=NC(=CC(=CC1)N2)C=C3. The summed E-state index contributed by atoms with van der Waals surface area (Å²) in [4.78, 5) is 12.9. The van der Waals surface area contributed by atoms with Crippen LogP contribution in [0.15, 0.2) is 81.7 Å². The van der Waals surface area contributed by atoms with Gasteiger partial charge in [0.05, 0.1) is 28.4 Å². The molecule has 0 saturated heterocycles. The quantitative estimate of drug-likeness (QED) is 0.723. The molecule has 1 unspecified atom stereocenters. The van der Waals surface area contributed by atoms with Crippen molar-refractivity contribution in [3.8, 4) is 0 Å². The van der Waals surface area contributed by atoms with Crippen LogP contribution in [0, 0.1) is 0 Å². The van der Waals surface area contributed by atoms with E-state index >= 15 is 0 Å². The number of rotatable bonds is 2. The first kappa shape index (κ1) is 18.8. The molecule has 4 aliphatic heterocycles. The van der Waals surface area contributed by atoms with E-state index in [1.807, 2.05) is 24.3 Å². The number of aliphatic imine (C=N–C) groups is 2. The maximum Gasteiger partial charge on any atom is 0.0658 e. The van der Waals surface area contributed by atoms with Crippen molar-refractivity contribution in [1.82, 2.24) is 10.3 Å². The number of hydrogen-bond donors (Lipinski definition) is 2. The number of halogens is 2. The van der Waals surface area contributed by atoms with Gasteiger partial charge in [-0.15, -0.1) is 24.0 Å². The minimum absolute atomic E-state index is 0. The van der Waals surface area contributed by atoms with Crippen molar-refractivity contribution >= 4 is 47.6 Å². The van der Waals surface area contributed by atoms with Crippen LogP contribution in [-0.2, 0) is 0 Å². The molecule has 2 N–H and O–H groups in total. The standard InChI is InChI=1S/C22H19ClN4.ClH/c23-10-9-22-8-7-20(27-22)13-19-4-3-16(25-19)11-15-1-2-17(24-15)12-18-5-6-21(14-22)26-18;/h1-7,11-14,24,27H,8-10H2;1H. The summed E-state index contributed by atoms with van der Waals surface area (Å²) in [6.07, 6.45) is 20.5. The van der Waals surface area contributed by atoms with E-state index in [2.05, 4.69) is 52.8 Å². The molecular formula is C22H20Cl2N4. The lowest BCUT2D eigenvalue weighted by atomic mass is 9.93. The Morgan fingerprint density at radius 2 is 1.61 bits per heavy atom. The van der Waals surface area contributed by atoms with Gasteiger partial charge in [-0.3, -0.25) is 0 Å². The molecule has 8 bridgehead atoms. The van der Waals surface area contributed by atoms with Crippen molar-refractivity contribution < 1.29 is 0 Å². The molecule has 1 aromatic heterocycles. The third-order valence-corrected chi connectivity index (χ3v) is 5.24. The normalized spacial score (nSPS) is 24.1. The van der Waals surface area contributed by atoms with E-state index in [1.54, 1.807) is 0 Å². The van der Waals surface area contributed by atoms with E-state index < -0.39 is 0 Å². The molecule has 0 amide bonds. The van der Waals surface area contributed by atoms with Crippen LogP contribution in [0.25, 0.3) is 12.2 Å². The second kappa shape index (κ2) is 7.46. The highest BCUT2D eigenvalue weighted by Crippen LogP contribution is 2.30. The van der Waals surface area contributed by atoms with Crippen molar-refractivity contribution in [2.75, 3.05) is 5.88 Å². The molecule has 28 heavy (non-hydrogen) atoms. The maximum absolute atomic E-state index is 6.11. The number of fused-ring (bicyclic) bond motifs is 6. The van der Waals surface area contributed by atoms with Crippen molar-refractivity contribution in [2.45, 2.75) is 18.4 Å². The molecule has 0 fully saturated rings. The van der Waals surface area contributed by atoms with E-state index in [0.29, 0.717) is 5.88 Å². The van der Waals surface area contributed by atoms with E-state index in [9.17, 15) is 0 Å². The third kappa shape index (κ3) is 3.71. The Morgan fingerprint density at radius 3 is 2.32 bits per heavy atom. The van der Waals surface area contributed by atoms with Crippen LogP contribution < -0.4 is 16.0 Å². The zero-order chi connectivity index (χ0) is 18.3. The number of aromatic amines is 1. The second-order valence-electron chi connectivity index (χ2n) is 7.12. The molecule has 5 rings (SSSR count). The number of H-pyrrole nitrogens is 1. The van der Waals surface area contributed by atoms with Gasteiger partial charge in [0.2, 0.25) is 0 Å². The van der Waals surface area contributed by atoms with Gasteiger partial charge in [0, 0.05) is 22.3 Å². The average molecular weight is 411 g/mol. The van der Waals surface area contributed by atoms with Gasteiger partial charge in [-0.2, -0.15) is 0 Å². The molecule has 4 aliphatic rings. The van der Waals surface area contributed by atoms with Gasteiger partial charge in [-0.05, 0) is 73.6 Å². The predicted molar refractivity (Wildman–Crippen MR) is 119 cm³/mol. The first-order valence-electron chi connectivity index (χ1n) is 9.11. The Bertz CT molecular complexity index is 1140. The largest absolute Gasteiger partial charge is 0.376 e. The van der Waals surface area contributed by atoms with Gasteiger partial charge < -0.3 is 10.3 Å². The summed E-state index contributed by atoms with van der Waals surface area (Å²) >= 11 is 6.11. The number of nitrogens with one attached hydrogen (secondary N) is 2. The Morgan fingerprint density at radius 1 is 0.929 bits per heavy atom. The van der Waals surface area contributed by atoms with Crippen LogP contribution in [0.5, 0.6) is 0 Å². The Labute approximate surface area is 174 Å². The fourth-order valence-corrected chi connectivity index (χ4v) is 4.08. The smallest absolute Gasteiger partial charge is 0.0658 e. The molecular weight excluding hydrogens is 391 g/mol. The van der Waals surface area contributed by atoms with Crippen LogP contribution in [0.2, 0.25) is 0 Å². The van der Waals surface area contributed by atoms with Gasteiger partial charge in [0.15, 0.2) is 0 Å². The lowest BCUT2D eigenvalue weighted by molar-refractivity contribution is 0.464. The molecule has 0 saturated carbocycles. The molecule has 0 aromatic carbocycles. The van der Waals surface area contributed by atoms with Crippen LogP contribution in [0.3, 0.4) is 0 Å². The van der Waals surface area contributed by atoms with E-state index in [-0.39, 0.29) is 17.9 Å². The van der Waals surface area contributed by atoms with E-state index in [4.69, 9.17) is 21.6 Å². The average Bonchev–Trinajstić information content (AvgIpc) is 3.40. The third-order valence-electron chi connectivity index (χ3n) is 5.05. The predicted octanol–water partition coefficient (Wildman–Crippen LogP) is 3.05. The number of aromatic nitrogens is 1. The number of alkyl halides is 1. The molecule has 4 nitrogen and oxygen atoms in total. The molecule has 1 atom stereocenters. The zero-order valence-electron chi connectivity index (χ0n) is 15.2. The highest BCUT2D eigenvalue weighted by molar-refractivity contribution is 6.20. The van der Waals surface area contributed by atoms with Crippen molar-refractivity contribution in [3.05, 3.63) is 82.5 Å². The summed E-state index contributed by atoms with van der Waals surface area (Å²) in [6.45, 7) is 0. The molecule has 6 heteroatoms. The number of nitrogens with zero attached hydrogens (tertiary/aromatic N) is 2. The lowest BCUT2D eigenvalue weighted by Crippen LogP contribution is -2.39. The number of hydrogen-bond acceptors (Lipinski definition) is 3. The first-order valence-corrected chi connectivity index (χ1v) is 9.64.